The summed E-state index contributed by atoms with van der Waals surface area (Å²) in [6.45, 7) is 5.94. The summed E-state index contributed by atoms with van der Waals surface area (Å²) in [5.41, 5.74) is 1.99. The van der Waals surface area contributed by atoms with Gasteiger partial charge in [-0.15, -0.1) is 0 Å². The lowest BCUT2D eigenvalue weighted by atomic mass is 9.98. The van der Waals surface area contributed by atoms with E-state index in [0.29, 0.717) is 39.7 Å². The van der Waals surface area contributed by atoms with Crippen LogP contribution in [-0.4, -0.2) is 67.0 Å². The number of benzene rings is 1. The highest BCUT2D eigenvalue weighted by atomic mass is 32.2. The molecule has 0 saturated carbocycles. The second-order valence-corrected chi connectivity index (χ2v) is 12.0. The highest BCUT2D eigenvalue weighted by molar-refractivity contribution is 7.92. The number of aryl methyl sites for hydroxylation is 1. The van der Waals surface area contributed by atoms with Crippen molar-refractivity contribution in [3.8, 4) is 0 Å². The molecule has 1 aromatic carbocycles. The van der Waals surface area contributed by atoms with Gasteiger partial charge in [0, 0.05) is 38.0 Å². The van der Waals surface area contributed by atoms with E-state index in [-0.39, 0.29) is 19.1 Å². The number of carbonyl (C=O) groups excluding carboxylic acids is 1. The largest absolute Gasteiger partial charge is 0.462 e. The normalized spacial score (nSPS) is 14.2. The summed E-state index contributed by atoms with van der Waals surface area (Å²) in [7, 11) is -3.34. The molecule has 1 saturated heterocycles. The molecule has 4 N–H and O–H groups in total. The van der Waals surface area contributed by atoms with Crippen LogP contribution in [0.3, 0.4) is 0 Å². The van der Waals surface area contributed by atoms with Crippen LogP contribution in [0.4, 0.5) is 28.4 Å². The topological polar surface area (TPSA) is 159 Å². The maximum Gasteiger partial charge on any atom is 0.350 e. The molecule has 0 spiro atoms. The van der Waals surface area contributed by atoms with Crippen LogP contribution in [0.1, 0.15) is 40.7 Å². The van der Waals surface area contributed by atoms with Crippen LogP contribution in [0.5, 0.6) is 0 Å². The molecule has 1 aliphatic rings. The van der Waals surface area contributed by atoms with Crippen LogP contribution in [0, 0.1) is 12.8 Å². The predicted octanol–water partition coefficient (Wildman–Crippen LogP) is 3.35. The Kier molecular flexibility index (Phi) is 9.20. The Labute approximate surface area is 231 Å². The molecule has 2 aromatic heterocycles. The Hall–Kier alpha value is -3.49. The third-order valence-electron chi connectivity index (χ3n) is 6.12. The zero-order valence-electron chi connectivity index (χ0n) is 22.1. The van der Waals surface area contributed by atoms with Gasteiger partial charge in [-0.1, -0.05) is 23.5 Å². The molecule has 210 valence electrons. The smallest absolute Gasteiger partial charge is 0.350 e. The molecule has 14 heteroatoms. The fraction of sp³-hybridized carbons (Fsp3) is 0.440. The summed E-state index contributed by atoms with van der Waals surface area (Å²) in [6, 6.07) is 8.94. The first-order valence-corrected chi connectivity index (χ1v) is 15.3. The van der Waals surface area contributed by atoms with Crippen molar-refractivity contribution in [2.75, 3.05) is 52.8 Å². The predicted molar refractivity (Wildman–Crippen MR) is 152 cm³/mol. The lowest BCUT2D eigenvalue weighted by molar-refractivity contribution is 0.0531. The Morgan fingerprint density at radius 3 is 2.54 bits per heavy atom. The Bertz CT molecular complexity index is 1390. The summed E-state index contributed by atoms with van der Waals surface area (Å²) in [6.07, 6.45) is 2.85. The van der Waals surface area contributed by atoms with Gasteiger partial charge in [0.1, 0.15) is 16.5 Å². The van der Waals surface area contributed by atoms with Gasteiger partial charge >= 0.3 is 5.97 Å². The first-order chi connectivity index (χ1) is 18.6. The number of rotatable bonds is 11. The van der Waals surface area contributed by atoms with Crippen molar-refractivity contribution in [3.63, 3.8) is 0 Å². The first kappa shape index (κ1) is 28.5. The molecule has 4 rings (SSSR count). The average molecular weight is 576 g/mol. The minimum atomic E-state index is -3.34. The van der Waals surface area contributed by atoms with Crippen LogP contribution in [-0.2, 0) is 21.3 Å². The maximum absolute atomic E-state index is 12.2. The van der Waals surface area contributed by atoms with Gasteiger partial charge < -0.3 is 20.1 Å². The number of anilines is 5. The van der Waals surface area contributed by atoms with E-state index in [0.717, 1.165) is 43.6 Å². The molecule has 39 heavy (non-hydrogen) atoms. The molecule has 0 radical (unpaired) electrons. The second kappa shape index (κ2) is 12.6. The summed E-state index contributed by atoms with van der Waals surface area (Å²) in [4.78, 5) is 28.6. The van der Waals surface area contributed by atoms with Crippen molar-refractivity contribution >= 4 is 55.7 Å². The number of thiazole rings is 1. The molecular weight excluding hydrogens is 542 g/mol. The number of hydrogen-bond donors (Lipinski definition) is 4. The minimum Gasteiger partial charge on any atom is -0.462 e. The van der Waals surface area contributed by atoms with Gasteiger partial charge in [0.15, 0.2) is 5.13 Å². The number of nitrogens with zero attached hydrogens (tertiary/aromatic N) is 4. The number of esters is 1. The van der Waals surface area contributed by atoms with Crippen LogP contribution in [0.25, 0.3) is 0 Å². The quantitative estimate of drug-likeness (QED) is 0.248. The molecular formula is C25H33N7O5S2. The van der Waals surface area contributed by atoms with Crippen LogP contribution in [0.15, 0.2) is 30.3 Å². The van der Waals surface area contributed by atoms with E-state index in [2.05, 4.69) is 30.2 Å². The molecule has 12 nitrogen and oxygen atoms in total. The van der Waals surface area contributed by atoms with E-state index >= 15 is 0 Å². The Morgan fingerprint density at radius 1 is 1.18 bits per heavy atom. The fourth-order valence-electron chi connectivity index (χ4n) is 4.12. The molecule has 0 aliphatic carbocycles. The van der Waals surface area contributed by atoms with E-state index in [1.165, 1.54) is 11.3 Å². The molecule has 0 bridgehead atoms. The lowest BCUT2D eigenvalue weighted by Gasteiger charge is -2.32. The van der Waals surface area contributed by atoms with Gasteiger partial charge in [-0.25, -0.2) is 18.2 Å². The molecule has 0 amide bonds. The van der Waals surface area contributed by atoms with Crippen molar-refractivity contribution in [3.05, 3.63) is 46.5 Å². The number of sulfonamides is 1. The number of piperidine rings is 1. The molecule has 3 aromatic rings. The summed E-state index contributed by atoms with van der Waals surface area (Å²) < 4.78 is 30.5. The van der Waals surface area contributed by atoms with Crippen molar-refractivity contribution in [1.29, 1.82) is 0 Å². The average Bonchev–Trinajstić information content (AvgIpc) is 3.27. The van der Waals surface area contributed by atoms with Gasteiger partial charge in [0.25, 0.3) is 0 Å². The monoisotopic (exact) mass is 575 g/mol. The Morgan fingerprint density at radius 2 is 1.90 bits per heavy atom. The minimum absolute atomic E-state index is 0.182. The third kappa shape index (κ3) is 8.00. The van der Waals surface area contributed by atoms with Crippen molar-refractivity contribution < 1.29 is 23.1 Å². The van der Waals surface area contributed by atoms with E-state index < -0.39 is 16.0 Å². The highest BCUT2D eigenvalue weighted by Gasteiger charge is 2.22. The number of aromatic nitrogens is 3. The first-order valence-electron chi connectivity index (χ1n) is 12.6. The van der Waals surface area contributed by atoms with Gasteiger partial charge in [-0.3, -0.25) is 10.0 Å². The number of ether oxygens (including phenoxy) is 1. The van der Waals surface area contributed by atoms with Crippen LogP contribution < -0.4 is 20.3 Å². The van der Waals surface area contributed by atoms with Gasteiger partial charge in [0.2, 0.25) is 16.0 Å². The van der Waals surface area contributed by atoms with E-state index in [4.69, 9.17) is 9.72 Å². The van der Waals surface area contributed by atoms with Crippen molar-refractivity contribution in [2.24, 2.45) is 5.92 Å². The van der Waals surface area contributed by atoms with E-state index in [1.807, 2.05) is 18.2 Å². The molecule has 0 atom stereocenters. The molecule has 1 aliphatic heterocycles. The highest BCUT2D eigenvalue weighted by Crippen LogP contribution is 2.29. The fourth-order valence-corrected chi connectivity index (χ4v) is 5.53. The number of aliphatic hydroxyl groups is 1. The standard InChI is InChI=1S/C25H33N7O5S2/c1-4-37-23(34)22-16(2)27-25(38-22)30-24-28-20(13-21(29-24)32-11-9-18(15-33)10-12-32)26-14-17-5-7-19(8-6-17)31-39(3,35)36/h5-8,13,18,31,33H,4,9-12,14-15H2,1-3H3,(H2,26,27,28,29,30). The SMILES string of the molecule is CCOC(=O)c1sc(Nc2nc(NCc3ccc(NS(C)(=O)=O)cc3)cc(N3CCC(CO)CC3)n2)nc1C. The molecule has 1 fully saturated rings. The van der Waals surface area contributed by atoms with Gasteiger partial charge in [0.05, 0.1) is 18.6 Å². The van der Waals surface area contributed by atoms with Crippen molar-refractivity contribution in [1.82, 2.24) is 15.0 Å². The Balaban J connectivity index is 1.54. The zero-order chi connectivity index (χ0) is 28.0. The lowest BCUT2D eigenvalue weighted by Crippen LogP contribution is -2.35. The summed E-state index contributed by atoms with van der Waals surface area (Å²) in [5.74, 6) is 1.53. The number of nitrogens with one attached hydrogen (secondary N) is 3. The van der Waals surface area contributed by atoms with Gasteiger partial charge in [-0.05, 0) is 50.3 Å². The molecule has 0 unspecified atom stereocenters. The van der Waals surface area contributed by atoms with E-state index in [1.54, 1.807) is 26.0 Å². The second-order valence-electron chi connectivity index (χ2n) is 9.25. The maximum atomic E-state index is 12.2. The number of carbonyl (C=O) groups is 1. The van der Waals surface area contributed by atoms with E-state index in [9.17, 15) is 18.3 Å². The third-order valence-corrected chi connectivity index (χ3v) is 7.78. The number of hydrogen-bond acceptors (Lipinski definition) is 12. The van der Waals surface area contributed by atoms with Crippen LogP contribution in [0.2, 0.25) is 0 Å². The summed E-state index contributed by atoms with van der Waals surface area (Å²) >= 11 is 1.18. The van der Waals surface area contributed by atoms with Crippen LogP contribution >= 0.6 is 11.3 Å². The summed E-state index contributed by atoms with van der Waals surface area (Å²) in [5, 5.41) is 16.4. The van der Waals surface area contributed by atoms with Gasteiger partial charge in [-0.2, -0.15) is 9.97 Å². The van der Waals surface area contributed by atoms with Crippen molar-refractivity contribution in [2.45, 2.75) is 33.2 Å². The molecule has 3 heterocycles. The number of aliphatic hydroxyl groups excluding tert-OH is 1. The zero-order valence-corrected chi connectivity index (χ0v) is 23.7.